The Hall–Kier alpha value is -2.66. The maximum atomic E-state index is 5.99. The van der Waals surface area contributed by atoms with Gasteiger partial charge in [-0.1, -0.05) is 0 Å². The maximum Gasteiger partial charge on any atom is 0.213 e. The van der Waals surface area contributed by atoms with Gasteiger partial charge in [0.2, 0.25) is 5.88 Å². The van der Waals surface area contributed by atoms with Crippen molar-refractivity contribution in [3.63, 3.8) is 0 Å². The normalized spacial score (nSPS) is 15.6. The number of nitrogens with zero attached hydrogens (tertiary/aromatic N) is 3. The van der Waals surface area contributed by atoms with E-state index in [4.69, 9.17) is 4.74 Å². The molecule has 5 nitrogen and oxygen atoms in total. The first kappa shape index (κ1) is 18.7. The van der Waals surface area contributed by atoms with Crippen LogP contribution in [0.5, 0.6) is 5.88 Å². The molecule has 1 saturated heterocycles. The topological polar surface area (TPSA) is 50.3 Å². The van der Waals surface area contributed by atoms with Crippen molar-refractivity contribution in [1.29, 1.82) is 0 Å². The van der Waals surface area contributed by atoms with Crippen LogP contribution in [0.4, 0.5) is 5.69 Å². The quantitative estimate of drug-likeness (QED) is 0.696. The molecule has 0 amide bonds. The number of ether oxygens (including phenoxy) is 1. The molecule has 28 heavy (non-hydrogen) atoms. The lowest BCUT2D eigenvalue weighted by Gasteiger charge is -2.28. The number of likely N-dealkylation sites (tertiary alicyclic amines) is 1. The van der Waals surface area contributed by atoms with Crippen molar-refractivity contribution in [2.45, 2.75) is 26.3 Å². The summed E-state index contributed by atoms with van der Waals surface area (Å²) in [6, 6.07) is 10.5. The summed E-state index contributed by atoms with van der Waals surface area (Å²) in [5, 5.41) is 5.92. The highest BCUT2D eigenvalue weighted by atomic mass is 16.5. The van der Waals surface area contributed by atoms with Crippen LogP contribution in [-0.4, -0.2) is 41.6 Å². The molecule has 4 rings (SSSR count). The monoisotopic (exact) mass is 376 g/mol. The van der Waals surface area contributed by atoms with Crippen LogP contribution in [0.15, 0.2) is 48.9 Å². The molecule has 3 aromatic rings. The molecule has 0 atom stereocenters. The third-order valence-electron chi connectivity index (χ3n) is 5.56. The number of aryl methyl sites for hydroxylation is 1. The molecule has 2 aromatic heterocycles. The van der Waals surface area contributed by atoms with Gasteiger partial charge in [0.1, 0.15) is 0 Å². The van der Waals surface area contributed by atoms with Crippen LogP contribution >= 0.6 is 0 Å². The Morgan fingerprint density at radius 3 is 2.86 bits per heavy atom. The van der Waals surface area contributed by atoms with Gasteiger partial charge in [-0.2, -0.15) is 0 Å². The summed E-state index contributed by atoms with van der Waals surface area (Å²) in [6.07, 6.45) is 8.00. The maximum absolute atomic E-state index is 5.99. The van der Waals surface area contributed by atoms with Gasteiger partial charge < -0.3 is 15.0 Å². The molecule has 1 N–H and O–H groups in total. The molecule has 1 aliphatic heterocycles. The number of rotatable bonds is 6. The number of pyridine rings is 2. The molecule has 0 unspecified atom stereocenters. The second-order valence-corrected chi connectivity index (χ2v) is 7.80. The highest BCUT2D eigenvalue weighted by molar-refractivity contribution is 5.88. The van der Waals surface area contributed by atoms with Crippen LogP contribution in [0.1, 0.15) is 24.0 Å². The largest absolute Gasteiger partial charge is 0.477 e. The molecule has 3 heterocycles. The van der Waals surface area contributed by atoms with E-state index in [2.05, 4.69) is 52.4 Å². The molecule has 0 spiro atoms. The Labute approximate surface area is 166 Å². The van der Waals surface area contributed by atoms with Gasteiger partial charge in [-0.05, 0) is 86.6 Å². The highest BCUT2D eigenvalue weighted by Gasteiger charge is 2.17. The molecule has 0 bridgehead atoms. The minimum absolute atomic E-state index is 0.634. The summed E-state index contributed by atoms with van der Waals surface area (Å²) in [7, 11) is 2.18. The summed E-state index contributed by atoms with van der Waals surface area (Å²) < 4.78 is 5.99. The van der Waals surface area contributed by atoms with Crippen molar-refractivity contribution in [3.8, 4) is 5.88 Å². The van der Waals surface area contributed by atoms with Gasteiger partial charge in [0.15, 0.2) is 0 Å². The number of hydrogen-bond donors (Lipinski definition) is 1. The van der Waals surface area contributed by atoms with E-state index < -0.39 is 0 Å². The zero-order valence-electron chi connectivity index (χ0n) is 16.7. The van der Waals surface area contributed by atoms with Crippen LogP contribution in [0.3, 0.4) is 0 Å². The van der Waals surface area contributed by atoms with Crippen LogP contribution in [-0.2, 0) is 6.54 Å². The molecule has 5 heteroatoms. The molecule has 0 aliphatic carbocycles. The van der Waals surface area contributed by atoms with Crippen LogP contribution in [0, 0.1) is 12.8 Å². The van der Waals surface area contributed by atoms with Crippen molar-refractivity contribution < 1.29 is 4.74 Å². The summed E-state index contributed by atoms with van der Waals surface area (Å²) in [5.74, 6) is 1.36. The third-order valence-corrected chi connectivity index (χ3v) is 5.56. The lowest BCUT2D eigenvalue weighted by atomic mass is 9.98. The molecule has 0 saturated carbocycles. The fourth-order valence-electron chi connectivity index (χ4n) is 3.76. The predicted octanol–water partition coefficient (Wildman–Crippen LogP) is 4.27. The Morgan fingerprint density at radius 2 is 2.00 bits per heavy atom. The molecule has 1 fully saturated rings. The predicted molar refractivity (Wildman–Crippen MR) is 114 cm³/mol. The van der Waals surface area contributed by atoms with E-state index in [9.17, 15) is 0 Å². The van der Waals surface area contributed by atoms with Gasteiger partial charge in [-0.3, -0.25) is 4.98 Å². The first-order valence-corrected chi connectivity index (χ1v) is 10.0. The third kappa shape index (κ3) is 4.60. The van der Waals surface area contributed by atoms with E-state index in [1.165, 1.54) is 34.7 Å². The van der Waals surface area contributed by atoms with Gasteiger partial charge >= 0.3 is 0 Å². The summed E-state index contributed by atoms with van der Waals surface area (Å²) in [5.41, 5.74) is 3.51. The summed E-state index contributed by atoms with van der Waals surface area (Å²) in [6.45, 7) is 5.94. The number of nitrogens with one attached hydrogen (secondary N) is 1. The van der Waals surface area contributed by atoms with Crippen LogP contribution < -0.4 is 10.1 Å². The lowest BCUT2D eigenvalue weighted by Crippen LogP contribution is -2.32. The van der Waals surface area contributed by atoms with Crippen LogP contribution in [0.2, 0.25) is 0 Å². The van der Waals surface area contributed by atoms with Gasteiger partial charge in [-0.15, -0.1) is 0 Å². The number of aromatic nitrogens is 2. The van der Waals surface area contributed by atoms with E-state index in [0.29, 0.717) is 5.92 Å². The average molecular weight is 377 g/mol. The Bertz CT molecular complexity index is 935. The minimum Gasteiger partial charge on any atom is -0.477 e. The number of fused-ring (bicyclic) bond motifs is 1. The van der Waals surface area contributed by atoms with E-state index >= 15 is 0 Å². The SMILES string of the molecule is Cc1cc(NCc2ccnc(OCC3CCN(C)CC3)c2)cc2ccncc12. The highest BCUT2D eigenvalue weighted by Crippen LogP contribution is 2.23. The minimum atomic E-state index is 0.634. The van der Waals surface area contributed by atoms with E-state index in [1.807, 2.05) is 30.7 Å². The van der Waals surface area contributed by atoms with Gasteiger partial charge in [0.05, 0.1) is 6.61 Å². The zero-order chi connectivity index (χ0) is 19.3. The first-order chi connectivity index (χ1) is 13.7. The number of hydrogen-bond acceptors (Lipinski definition) is 5. The number of benzene rings is 1. The standard InChI is InChI=1S/C23H28N4O/c1-17-11-21(13-20-4-7-24-15-22(17)20)26-14-19-3-8-25-23(12-19)28-16-18-5-9-27(2)10-6-18/h3-4,7-8,11-13,15,18,26H,5-6,9-10,14,16H2,1-2H3. The summed E-state index contributed by atoms with van der Waals surface area (Å²) in [4.78, 5) is 11.0. The van der Waals surface area contributed by atoms with Gasteiger partial charge in [0, 0.05) is 42.3 Å². The second-order valence-electron chi connectivity index (χ2n) is 7.80. The lowest BCUT2D eigenvalue weighted by molar-refractivity contribution is 0.157. The molecule has 1 aliphatic rings. The van der Waals surface area contributed by atoms with Crippen molar-refractivity contribution in [1.82, 2.24) is 14.9 Å². The number of piperidine rings is 1. The second kappa shape index (κ2) is 8.57. The Morgan fingerprint density at radius 1 is 1.14 bits per heavy atom. The first-order valence-electron chi connectivity index (χ1n) is 10.0. The molecule has 146 valence electrons. The molecular formula is C23H28N4O. The molecular weight excluding hydrogens is 348 g/mol. The van der Waals surface area contributed by atoms with Crippen molar-refractivity contribution in [2.24, 2.45) is 5.92 Å². The van der Waals surface area contributed by atoms with Crippen LogP contribution in [0.25, 0.3) is 10.8 Å². The van der Waals surface area contributed by atoms with Crippen molar-refractivity contribution in [3.05, 3.63) is 60.0 Å². The van der Waals surface area contributed by atoms with E-state index in [0.717, 1.165) is 37.8 Å². The smallest absolute Gasteiger partial charge is 0.213 e. The molecule has 1 aromatic carbocycles. The molecule has 0 radical (unpaired) electrons. The van der Waals surface area contributed by atoms with Gasteiger partial charge in [-0.25, -0.2) is 4.98 Å². The number of anilines is 1. The Kier molecular flexibility index (Phi) is 5.72. The average Bonchev–Trinajstić information content (AvgIpc) is 2.72. The van der Waals surface area contributed by atoms with Crippen molar-refractivity contribution in [2.75, 3.05) is 32.1 Å². The van der Waals surface area contributed by atoms with E-state index in [1.54, 1.807) is 0 Å². The Balaban J connectivity index is 1.36. The van der Waals surface area contributed by atoms with Gasteiger partial charge in [0.25, 0.3) is 0 Å². The summed E-state index contributed by atoms with van der Waals surface area (Å²) >= 11 is 0. The zero-order valence-corrected chi connectivity index (χ0v) is 16.7. The van der Waals surface area contributed by atoms with Crippen molar-refractivity contribution >= 4 is 16.5 Å². The van der Waals surface area contributed by atoms with E-state index in [-0.39, 0.29) is 0 Å². The fraction of sp³-hybridized carbons (Fsp3) is 0.391. The fourth-order valence-corrected chi connectivity index (χ4v) is 3.76.